The van der Waals surface area contributed by atoms with Gasteiger partial charge in [0.05, 0.1) is 23.4 Å². The molecule has 7 nitrogen and oxygen atoms in total. The number of hydrogen-bond acceptors (Lipinski definition) is 7. The minimum atomic E-state index is -0.345. The van der Waals surface area contributed by atoms with Gasteiger partial charge < -0.3 is 9.84 Å². The molecule has 1 N–H and O–H groups in total. The Morgan fingerprint density at radius 2 is 2.13 bits per heavy atom. The summed E-state index contributed by atoms with van der Waals surface area (Å²) in [7, 11) is 0. The van der Waals surface area contributed by atoms with Crippen molar-refractivity contribution in [3.63, 3.8) is 0 Å². The first kappa shape index (κ1) is 20.7. The highest BCUT2D eigenvalue weighted by atomic mass is 32.1. The fourth-order valence-corrected chi connectivity index (χ4v) is 5.11. The highest BCUT2D eigenvalue weighted by molar-refractivity contribution is 7.17. The number of nitrogens with zero attached hydrogens (tertiary/aromatic N) is 4. The predicted octanol–water partition coefficient (Wildman–Crippen LogP) is 3.56. The maximum Gasteiger partial charge on any atom is 0.309 e. The van der Waals surface area contributed by atoms with E-state index in [2.05, 4.69) is 15.0 Å². The minimum absolute atomic E-state index is 0.0315. The Morgan fingerprint density at radius 1 is 1.37 bits per heavy atom. The highest BCUT2D eigenvalue weighted by Gasteiger charge is 2.34. The lowest BCUT2D eigenvalue weighted by Crippen LogP contribution is -2.39. The number of thiazole rings is 1. The lowest BCUT2D eigenvalue weighted by molar-refractivity contribution is -0.149. The molecule has 9 heteroatoms. The Bertz CT molecular complexity index is 1040. The summed E-state index contributed by atoms with van der Waals surface area (Å²) in [6.45, 7) is 5.41. The smallest absolute Gasteiger partial charge is 0.309 e. The Hall–Kier alpha value is -2.52. The summed E-state index contributed by atoms with van der Waals surface area (Å²) in [5.41, 5.74) is 0.750. The fraction of sp³-hybridized carbons (Fsp3) is 0.476. The van der Waals surface area contributed by atoms with Gasteiger partial charge in [0.15, 0.2) is 5.82 Å². The second kappa shape index (κ2) is 8.69. The third-order valence-electron chi connectivity index (χ3n) is 5.49. The molecule has 0 aliphatic carbocycles. The number of piperidine rings is 1. The first-order chi connectivity index (χ1) is 14.5. The SMILES string of the molecule is CCOC(=O)C1CCN([C@@H](c2cccc(F)c2)c2sc3nc(CC)nn3c2O)CC1. The number of esters is 1. The molecule has 1 aromatic carbocycles. The van der Waals surface area contributed by atoms with E-state index < -0.39 is 0 Å². The zero-order valence-electron chi connectivity index (χ0n) is 17.0. The summed E-state index contributed by atoms with van der Waals surface area (Å²) in [4.78, 5) is 20.0. The van der Waals surface area contributed by atoms with E-state index >= 15 is 0 Å². The van der Waals surface area contributed by atoms with E-state index in [0.29, 0.717) is 54.6 Å². The van der Waals surface area contributed by atoms with Crippen LogP contribution in [0, 0.1) is 11.7 Å². The first-order valence-electron chi connectivity index (χ1n) is 10.2. The van der Waals surface area contributed by atoms with Gasteiger partial charge in [0.2, 0.25) is 10.8 Å². The van der Waals surface area contributed by atoms with Gasteiger partial charge in [0.25, 0.3) is 0 Å². The molecule has 0 amide bonds. The molecular weight excluding hydrogens is 407 g/mol. The molecule has 1 aliphatic rings. The van der Waals surface area contributed by atoms with Crippen molar-refractivity contribution in [3.8, 4) is 5.88 Å². The molecule has 1 fully saturated rings. The van der Waals surface area contributed by atoms with Crippen molar-refractivity contribution >= 4 is 22.3 Å². The molecule has 1 aliphatic heterocycles. The Morgan fingerprint density at radius 3 is 2.77 bits per heavy atom. The normalized spacial score (nSPS) is 16.8. The average molecular weight is 433 g/mol. The Balaban J connectivity index is 1.67. The topological polar surface area (TPSA) is 80.0 Å². The van der Waals surface area contributed by atoms with E-state index in [0.717, 1.165) is 5.56 Å². The monoisotopic (exact) mass is 432 g/mol. The van der Waals surface area contributed by atoms with Gasteiger partial charge in [0, 0.05) is 6.42 Å². The molecule has 0 bridgehead atoms. The van der Waals surface area contributed by atoms with Crippen molar-refractivity contribution in [1.29, 1.82) is 0 Å². The summed E-state index contributed by atoms with van der Waals surface area (Å²) in [5, 5.41) is 15.3. The molecule has 0 unspecified atom stereocenters. The number of carbonyl (C=O) groups is 1. The van der Waals surface area contributed by atoms with Crippen molar-refractivity contribution in [3.05, 3.63) is 46.3 Å². The van der Waals surface area contributed by atoms with Gasteiger partial charge >= 0.3 is 5.97 Å². The number of hydrogen-bond donors (Lipinski definition) is 1. The standard InChI is InChI=1S/C21H25FN4O3S/c1-3-16-23-21-26(24-16)19(27)18(30-21)17(14-6-5-7-15(22)12-14)25-10-8-13(9-11-25)20(28)29-4-2/h5-7,12-13,17,27H,3-4,8-11H2,1-2H3/t17-/m0/s1. The van der Waals surface area contributed by atoms with Crippen molar-refractivity contribution < 1.29 is 19.0 Å². The second-order valence-corrected chi connectivity index (χ2v) is 8.39. The largest absolute Gasteiger partial charge is 0.492 e. The van der Waals surface area contributed by atoms with Crippen molar-refractivity contribution in [2.75, 3.05) is 19.7 Å². The van der Waals surface area contributed by atoms with E-state index in [4.69, 9.17) is 4.74 Å². The van der Waals surface area contributed by atoms with Crippen LogP contribution >= 0.6 is 11.3 Å². The van der Waals surface area contributed by atoms with Crippen molar-refractivity contribution in [2.45, 2.75) is 39.2 Å². The zero-order valence-corrected chi connectivity index (χ0v) is 17.9. The number of benzene rings is 1. The molecular formula is C21H25FN4O3S. The van der Waals surface area contributed by atoms with Crippen LogP contribution in [0.1, 0.15) is 49.0 Å². The quantitative estimate of drug-likeness (QED) is 0.600. The van der Waals surface area contributed by atoms with Crippen LogP contribution < -0.4 is 0 Å². The van der Waals surface area contributed by atoms with Crippen LogP contribution in [0.3, 0.4) is 0 Å². The van der Waals surface area contributed by atoms with E-state index in [1.807, 2.05) is 13.0 Å². The van der Waals surface area contributed by atoms with E-state index in [-0.39, 0.29) is 29.6 Å². The van der Waals surface area contributed by atoms with Gasteiger partial charge in [0.1, 0.15) is 5.82 Å². The van der Waals surface area contributed by atoms with E-state index in [9.17, 15) is 14.3 Å². The molecule has 4 rings (SSSR count). The maximum absolute atomic E-state index is 14.0. The molecule has 3 heterocycles. The Kier molecular flexibility index (Phi) is 6.01. The lowest BCUT2D eigenvalue weighted by Gasteiger charge is -2.36. The van der Waals surface area contributed by atoms with Crippen LogP contribution in [0.25, 0.3) is 4.96 Å². The van der Waals surface area contributed by atoms with Gasteiger partial charge in [-0.05, 0) is 50.6 Å². The van der Waals surface area contributed by atoms with Crippen LogP contribution in [-0.2, 0) is 16.0 Å². The minimum Gasteiger partial charge on any atom is -0.492 e. The third kappa shape index (κ3) is 3.91. The summed E-state index contributed by atoms with van der Waals surface area (Å²) >= 11 is 1.36. The number of aromatic nitrogens is 3. The second-order valence-electron chi connectivity index (χ2n) is 7.39. The number of halogens is 1. The number of carbonyl (C=O) groups excluding carboxylic acids is 1. The number of likely N-dealkylation sites (tertiary alicyclic amines) is 1. The van der Waals surface area contributed by atoms with Crippen LogP contribution in [0.2, 0.25) is 0 Å². The van der Waals surface area contributed by atoms with Gasteiger partial charge in [-0.1, -0.05) is 30.4 Å². The summed E-state index contributed by atoms with van der Waals surface area (Å²) in [5.74, 6) is 0.0846. The molecule has 0 saturated carbocycles. The molecule has 0 spiro atoms. The van der Waals surface area contributed by atoms with Crippen LogP contribution in [0.4, 0.5) is 4.39 Å². The number of ether oxygens (including phenoxy) is 1. The number of aryl methyl sites for hydroxylation is 1. The average Bonchev–Trinajstić information content (AvgIpc) is 3.28. The summed E-state index contributed by atoms with van der Waals surface area (Å²) in [6.07, 6.45) is 2.00. The molecule has 160 valence electrons. The van der Waals surface area contributed by atoms with Gasteiger partial charge in [-0.2, -0.15) is 4.52 Å². The van der Waals surface area contributed by atoms with Gasteiger partial charge in [-0.3, -0.25) is 9.69 Å². The highest BCUT2D eigenvalue weighted by Crippen LogP contribution is 2.41. The molecule has 2 aromatic heterocycles. The van der Waals surface area contributed by atoms with Crippen molar-refractivity contribution in [1.82, 2.24) is 19.5 Å². The number of aromatic hydroxyl groups is 1. The van der Waals surface area contributed by atoms with Crippen molar-refractivity contribution in [2.24, 2.45) is 5.92 Å². The molecule has 1 saturated heterocycles. The van der Waals surface area contributed by atoms with Gasteiger partial charge in [-0.25, -0.2) is 9.37 Å². The summed E-state index contributed by atoms with van der Waals surface area (Å²) < 4.78 is 20.7. The van der Waals surface area contributed by atoms with Crippen LogP contribution in [-0.4, -0.2) is 50.3 Å². The molecule has 0 radical (unpaired) electrons. The molecule has 3 aromatic rings. The number of fused-ring (bicyclic) bond motifs is 1. The maximum atomic E-state index is 14.0. The third-order valence-corrected chi connectivity index (χ3v) is 6.56. The lowest BCUT2D eigenvalue weighted by atomic mass is 9.93. The summed E-state index contributed by atoms with van der Waals surface area (Å²) in [6, 6.07) is 6.09. The first-order valence-corrected chi connectivity index (χ1v) is 11.1. The van der Waals surface area contributed by atoms with Crippen LogP contribution in [0.15, 0.2) is 24.3 Å². The zero-order chi connectivity index (χ0) is 21.3. The molecule has 1 atom stereocenters. The van der Waals surface area contributed by atoms with Gasteiger partial charge in [-0.15, -0.1) is 5.10 Å². The predicted molar refractivity (Wildman–Crippen MR) is 111 cm³/mol. The molecule has 30 heavy (non-hydrogen) atoms. The fourth-order valence-electron chi connectivity index (χ4n) is 3.98. The Labute approximate surface area is 178 Å². The van der Waals surface area contributed by atoms with E-state index in [1.165, 1.54) is 28.0 Å². The van der Waals surface area contributed by atoms with Crippen LogP contribution in [0.5, 0.6) is 5.88 Å². The van der Waals surface area contributed by atoms with E-state index in [1.54, 1.807) is 13.0 Å². The number of rotatable bonds is 6.